The molecule has 1 aromatic rings. The second kappa shape index (κ2) is 3.81. The standard InChI is InChI=1S/C11H11N3O2/c12-5-8-1-2-9(13-6-8)14-7-11(3-4-11)10(15)16/h1-2,6H,3-4,7H2,(H,13,14)(H,15,16). The fourth-order valence-electron chi connectivity index (χ4n) is 1.44. The van der Waals surface area contributed by atoms with Gasteiger partial charge < -0.3 is 10.4 Å². The number of nitriles is 1. The summed E-state index contributed by atoms with van der Waals surface area (Å²) in [5.41, 5.74) is -0.111. The van der Waals surface area contributed by atoms with Crippen LogP contribution in [0.25, 0.3) is 0 Å². The van der Waals surface area contributed by atoms with Crippen molar-refractivity contribution >= 4 is 11.8 Å². The molecule has 1 aromatic heterocycles. The van der Waals surface area contributed by atoms with Crippen molar-refractivity contribution < 1.29 is 9.90 Å². The minimum absolute atomic E-state index is 0.390. The van der Waals surface area contributed by atoms with Gasteiger partial charge in [0.1, 0.15) is 11.9 Å². The first-order valence-corrected chi connectivity index (χ1v) is 5.00. The van der Waals surface area contributed by atoms with Gasteiger partial charge in [0.2, 0.25) is 0 Å². The second-order valence-corrected chi connectivity index (χ2v) is 3.98. The summed E-state index contributed by atoms with van der Waals surface area (Å²) in [5, 5.41) is 20.5. The van der Waals surface area contributed by atoms with Crippen molar-refractivity contribution in [1.82, 2.24) is 4.98 Å². The van der Waals surface area contributed by atoms with Gasteiger partial charge in [0.05, 0.1) is 11.0 Å². The molecular formula is C11H11N3O2. The number of hydrogen-bond donors (Lipinski definition) is 2. The number of hydrogen-bond acceptors (Lipinski definition) is 4. The molecule has 1 heterocycles. The SMILES string of the molecule is N#Cc1ccc(NCC2(C(=O)O)CC2)nc1. The molecule has 0 atom stereocenters. The van der Waals surface area contributed by atoms with E-state index in [9.17, 15) is 4.79 Å². The number of pyridine rings is 1. The molecule has 5 nitrogen and oxygen atoms in total. The Bertz CT molecular complexity index is 443. The van der Waals surface area contributed by atoms with E-state index in [-0.39, 0.29) is 0 Å². The van der Waals surface area contributed by atoms with Gasteiger partial charge >= 0.3 is 5.97 Å². The molecule has 0 bridgehead atoms. The molecule has 1 aliphatic carbocycles. The summed E-state index contributed by atoms with van der Waals surface area (Å²) in [6.45, 7) is 0.390. The zero-order valence-electron chi connectivity index (χ0n) is 8.60. The molecule has 0 saturated heterocycles. The maximum absolute atomic E-state index is 10.9. The van der Waals surface area contributed by atoms with Gasteiger partial charge in [-0.1, -0.05) is 0 Å². The molecule has 16 heavy (non-hydrogen) atoms. The molecule has 2 rings (SSSR count). The van der Waals surface area contributed by atoms with Crippen LogP contribution in [-0.2, 0) is 4.79 Å². The molecule has 0 amide bonds. The van der Waals surface area contributed by atoms with Gasteiger partial charge in [-0.15, -0.1) is 0 Å². The number of carbonyl (C=O) groups is 1. The number of carboxylic acid groups (broad SMARTS) is 1. The highest BCUT2D eigenvalue weighted by molar-refractivity contribution is 5.78. The Kier molecular flexibility index (Phi) is 2.49. The van der Waals surface area contributed by atoms with Crippen molar-refractivity contribution in [1.29, 1.82) is 5.26 Å². The van der Waals surface area contributed by atoms with Crippen LogP contribution in [0.2, 0.25) is 0 Å². The summed E-state index contributed by atoms with van der Waals surface area (Å²) in [4.78, 5) is 14.9. The van der Waals surface area contributed by atoms with E-state index < -0.39 is 11.4 Å². The lowest BCUT2D eigenvalue weighted by molar-refractivity contribution is -0.142. The number of carboxylic acids is 1. The zero-order chi connectivity index (χ0) is 11.6. The monoisotopic (exact) mass is 217 g/mol. The third-order valence-electron chi connectivity index (χ3n) is 2.81. The summed E-state index contributed by atoms with van der Waals surface area (Å²) in [6, 6.07) is 5.30. The number of rotatable bonds is 4. The van der Waals surface area contributed by atoms with Crippen molar-refractivity contribution in [2.75, 3.05) is 11.9 Å². The average Bonchev–Trinajstić information content (AvgIpc) is 3.08. The van der Waals surface area contributed by atoms with E-state index in [0.29, 0.717) is 30.8 Å². The minimum atomic E-state index is -0.756. The summed E-state index contributed by atoms with van der Waals surface area (Å²) in [5.74, 6) is -0.153. The van der Waals surface area contributed by atoms with Crippen LogP contribution in [0.1, 0.15) is 18.4 Å². The van der Waals surface area contributed by atoms with E-state index in [4.69, 9.17) is 10.4 Å². The Labute approximate surface area is 92.7 Å². The molecule has 5 heteroatoms. The van der Waals surface area contributed by atoms with E-state index in [1.54, 1.807) is 12.1 Å². The van der Waals surface area contributed by atoms with Crippen LogP contribution in [0.4, 0.5) is 5.82 Å². The van der Waals surface area contributed by atoms with Crippen LogP contribution >= 0.6 is 0 Å². The van der Waals surface area contributed by atoms with Crippen LogP contribution in [0.3, 0.4) is 0 Å². The third kappa shape index (κ3) is 1.96. The first kappa shape index (κ1) is 10.4. The molecule has 2 N–H and O–H groups in total. The molecule has 0 unspecified atom stereocenters. The highest BCUT2D eigenvalue weighted by Gasteiger charge is 2.50. The molecule has 0 aromatic carbocycles. The van der Waals surface area contributed by atoms with Crippen LogP contribution in [0.15, 0.2) is 18.3 Å². The van der Waals surface area contributed by atoms with E-state index in [1.165, 1.54) is 6.20 Å². The Morgan fingerprint density at radius 2 is 2.38 bits per heavy atom. The van der Waals surface area contributed by atoms with Gasteiger partial charge in [-0.25, -0.2) is 4.98 Å². The largest absolute Gasteiger partial charge is 0.481 e. The van der Waals surface area contributed by atoms with E-state index in [0.717, 1.165) is 0 Å². The lowest BCUT2D eigenvalue weighted by Gasteiger charge is -2.11. The average molecular weight is 217 g/mol. The molecule has 1 aliphatic rings. The predicted molar refractivity (Wildman–Crippen MR) is 56.7 cm³/mol. The fourth-order valence-corrected chi connectivity index (χ4v) is 1.44. The van der Waals surface area contributed by atoms with Crippen LogP contribution in [0.5, 0.6) is 0 Å². The molecule has 0 spiro atoms. The molecule has 82 valence electrons. The van der Waals surface area contributed by atoms with E-state index in [1.807, 2.05) is 6.07 Å². The number of nitrogens with one attached hydrogen (secondary N) is 1. The molecular weight excluding hydrogens is 206 g/mol. The van der Waals surface area contributed by atoms with Gasteiger partial charge in [-0.2, -0.15) is 5.26 Å². The number of aliphatic carboxylic acids is 1. The second-order valence-electron chi connectivity index (χ2n) is 3.98. The summed E-state index contributed by atoms with van der Waals surface area (Å²) >= 11 is 0. The van der Waals surface area contributed by atoms with Crippen molar-refractivity contribution in [2.45, 2.75) is 12.8 Å². The lowest BCUT2D eigenvalue weighted by atomic mass is 10.1. The fraction of sp³-hybridized carbons (Fsp3) is 0.364. The van der Waals surface area contributed by atoms with Gasteiger partial charge in [0, 0.05) is 12.7 Å². The van der Waals surface area contributed by atoms with Gasteiger partial charge in [0.15, 0.2) is 0 Å². The van der Waals surface area contributed by atoms with Crippen molar-refractivity contribution in [3.8, 4) is 6.07 Å². The zero-order valence-corrected chi connectivity index (χ0v) is 8.60. The molecule has 0 radical (unpaired) electrons. The Morgan fingerprint density at radius 1 is 1.62 bits per heavy atom. The van der Waals surface area contributed by atoms with Crippen molar-refractivity contribution in [3.63, 3.8) is 0 Å². The number of nitrogens with zero attached hydrogens (tertiary/aromatic N) is 2. The molecule has 1 saturated carbocycles. The third-order valence-corrected chi connectivity index (χ3v) is 2.81. The normalized spacial score (nSPS) is 16.2. The highest BCUT2D eigenvalue weighted by Crippen LogP contribution is 2.45. The Hall–Kier alpha value is -2.09. The summed E-state index contributed by atoms with van der Waals surface area (Å²) < 4.78 is 0. The Balaban J connectivity index is 1.95. The van der Waals surface area contributed by atoms with Crippen molar-refractivity contribution in [3.05, 3.63) is 23.9 Å². The highest BCUT2D eigenvalue weighted by atomic mass is 16.4. The number of anilines is 1. The first-order chi connectivity index (χ1) is 7.66. The van der Waals surface area contributed by atoms with Gasteiger partial charge in [-0.05, 0) is 25.0 Å². The lowest BCUT2D eigenvalue weighted by Crippen LogP contribution is -2.24. The Morgan fingerprint density at radius 3 is 2.81 bits per heavy atom. The van der Waals surface area contributed by atoms with Crippen molar-refractivity contribution in [2.24, 2.45) is 5.41 Å². The maximum atomic E-state index is 10.9. The maximum Gasteiger partial charge on any atom is 0.311 e. The van der Waals surface area contributed by atoms with Gasteiger partial charge in [0.25, 0.3) is 0 Å². The predicted octanol–water partition coefficient (Wildman–Crippen LogP) is 1.23. The van der Waals surface area contributed by atoms with E-state index >= 15 is 0 Å². The van der Waals surface area contributed by atoms with Gasteiger partial charge in [-0.3, -0.25) is 4.79 Å². The first-order valence-electron chi connectivity index (χ1n) is 5.00. The summed E-state index contributed by atoms with van der Waals surface area (Å²) in [6.07, 6.45) is 2.89. The molecule has 0 aliphatic heterocycles. The smallest absolute Gasteiger partial charge is 0.311 e. The molecule has 1 fully saturated rings. The van der Waals surface area contributed by atoms with E-state index in [2.05, 4.69) is 10.3 Å². The minimum Gasteiger partial charge on any atom is -0.481 e. The van der Waals surface area contributed by atoms with Crippen LogP contribution in [-0.4, -0.2) is 22.6 Å². The summed E-state index contributed by atoms with van der Waals surface area (Å²) in [7, 11) is 0. The van der Waals surface area contributed by atoms with Crippen LogP contribution in [0, 0.1) is 16.7 Å². The quantitative estimate of drug-likeness (QED) is 0.792. The van der Waals surface area contributed by atoms with Crippen LogP contribution < -0.4 is 5.32 Å². The topological polar surface area (TPSA) is 86.0 Å². The number of aromatic nitrogens is 1.